The summed E-state index contributed by atoms with van der Waals surface area (Å²) in [4.78, 5) is 30.1. The van der Waals surface area contributed by atoms with Crippen molar-refractivity contribution in [3.63, 3.8) is 0 Å². The van der Waals surface area contributed by atoms with Crippen LogP contribution >= 0.6 is 0 Å². The highest BCUT2D eigenvalue weighted by Gasteiger charge is 2.18. The summed E-state index contributed by atoms with van der Waals surface area (Å²) in [6.07, 6.45) is 2.29. The first-order chi connectivity index (χ1) is 27.4. The van der Waals surface area contributed by atoms with Gasteiger partial charge < -0.3 is 24.2 Å². The van der Waals surface area contributed by atoms with Crippen LogP contribution in [0.4, 0.5) is 51.2 Å². The zero-order valence-corrected chi connectivity index (χ0v) is 30.9. The van der Waals surface area contributed by atoms with Gasteiger partial charge in [-0.1, -0.05) is 67.3 Å². The van der Waals surface area contributed by atoms with Gasteiger partial charge >= 0.3 is 11.9 Å². The summed E-state index contributed by atoms with van der Waals surface area (Å²) in [7, 11) is 0. The molecule has 0 fully saturated rings. The van der Waals surface area contributed by atoms with E-state index in [1.165, 1.54) is 5.56 Å². The first-order valence-electron chi connectivity index (χ1n) is 18.1. The van der Waals surface area contributed by atoms with Crippen LogP contribution in [0.15, 0.2) is 207 Å². The molecule has 0 saturated heterocycles. The molecular formula is C49H39N3O4. The van der Waals surface area contributed by atoms with Crippen molar-refractivity contribution in [2.24, 2.45) is 0 Å². The number of hydrogen-bond acceptors (Lipinski definition) is 7. The van der Waals surface area contributed by atoms with Crippen molar-refractivity contribution in [3.8, 4) is 11.5 Å². The van der Waals surface area contributed by atoms with E-state index in [1.807, 2.05) is 60.7 Å². The molecule has 0 heterocycles. The molecule has 0 amide bonds. The number of rotatable bonds is 13. The van der Waals surface area contributed by atoms with Crippen molar-refractivity contribution in [2.45, 2.75) is 6.92 Å². The molecule has 7 aromatic rings. The number of aryl methyl sites for hydroxylation is 1. The molecule has 0 aromatic heterocycles. The molecule has 0 N–H and O–H groups in total. The van der Waals surface area contributed by atoms with E-state index in [-0.39, 0.29) is 0 Å². The van der Waals surface area contributed by atoms with E-state index >= 15 is 0 Å². The Morgan fingerprint density at radius 1 is 0.375 bits per heavy atom. The Hall–Kier alpha value is -7.64. The van der Waals surface area contributed by atoms with E-state index in [0.29, 0.717) is 11.5 Å². The molecule has 56 heavy (non-hydrogen) atoms. The minimum absolute atomic E-state index is 0.443. The van der Waals surface area contributed by atoms with Crippen molar-refractivity contribution in [1.29, 1.82) is 0 Å². The molecule has 0 saturated carbocycles. The molecule has 0 aliphatic carbocycles. The summed E-state index contributed by atoms with van der Waals surface area (Å²) in [5, 5.41) is 0. The smallest absolute Gasteiger partial charge is 0.335 e. The van der Waals surface area contributed by atoms with Crippen molar-refractivity contribution in [2.75, 3.05) is 14.7 Å². The van der Waals surface area contributed by atoms with Crippen LogP contribution in [0.25, 0.3) is 0 Å². The average molecular weight is 734 g/mol. The van der Waals surface area contributed by atoms with Gasteiger partial charge in [0.05, 0.1) is 0 Å². The minimum atomic E-state index is -0.505. The number of hydrogen-bond donors (Lipinski definition) is 0. The van der Waals surface area contributed by atoms with Gasteiger partial charge in [-0.3, -0.25) is 0 Å². The Morgan fingerprint density at radius 3 is 0.875 bits per heavy atom. The molecule has 274 valence electrons. The van der Waals surface area contributed by atoms with Gasteiger partial charge in [-0.25, -0.2) is 9.59 Å². The minimum Gasteiger partial charge on any atom is -0.423 e. The van der Waals surface area contributed by atoms with E-state index in [1.54, 1.807) is 24.3 Å². The maximum absolute atomic E-state index is 11.8. The van der Waals surface area contributed by atoms with Crippen LogP contribution < -0.4 is 24.2 Å². The summed E-state index contributed by atoms with van der Waals surface area (Å²) in [6, 6.07) is 60.5. The molecule has 7 nitrogen and oxygen atoms in total. The Balaban J connectivity index is 1.24. The fourth-order valence-corrected chi connectivity index (χ4v) is 6.33. The highest BCUT2D eigenvalue weighted by molar-refractivity contribution is 5.86. The van der Waals surface area contributed by atoms with E-state index < -0.39 is 11.9 Å². The maximum Gasteiger partial charge on any atom is 0.335 e. The van der Waals surface area contributed by atoms with E-state index in [4.69, 9.17) is 9.47 Å². The highest BCUT2D eigenvalue weighted by atomic mass is 16.5. The maximum atomic E-state index is 11.8. The van der Waals surface area contributed by atoms with Gasteiger partial charge in [0.2, 0.25) is 0 Å². The molecule has 0 radical (unpaired) electrons. The zero-order valence-electron chi connectivity index (χ0n) is 30.9. The first kappa shape index (κ1) is 36.7. The topological polar surface area (TPSA) is 62.3 Å². The van der Waals surface area contributed by atoms with Crippen LogP contribution in [0.5, 0.6) is 11.5 Å². The van der Waals surface area contributed by atoms with Gasteiger partial charge in [-0.05, 0) is 140 Å². The molecule has 0 aliphatic rings. The normalized spacial score (nSPS) is 10.5. The third kappa shape index (κ3) is 8.43. The molecule has 0 bridgehead atoms. The Morgan fingerprint density at radius 2 is 0.607 bits per heavy atom. The van der Waals surface area contributed by atoms with Crippen molar-refractivity contribution >= 4 is 63.1 Å². The standard InChI is InChI=1S/C49H39N3O4/c1-4-48(53)55-46-32-28-44(29-33-46)50(37-12-8-6-9-13-37)40-20-24-42(25-21-40)52(39-18-16-36(3)17-19-39)43-26-22-41(23-27-43)51(38-14-10-7-11-15-38)45-30-34-47(35-31-45)56-49(54)5-2/h4-35H,1-2H2,3H3. The second-order valence-corrected chi connectivity index (χ2v) is 12.8. The quantitative estimate of drug-likeness (QED) is 0.0664. The number of carbonyl (C=O) groups excluding carboxylic acids is 2. The third-order valence-corrected chi connectivity index (χ3v) is 9.01. The van der Waals surface area contributed by atoms with Crippen LogP contribution in [-0.4, -0.2) is 11.9 Å². The second kappa shape index (κ2) is 17.0. The predicted octanol–water partition coefficient (Wildman–Crippen LogP) is 12.6. The van der Waals surface area contributed by atoms with Crippen molar-refractivity contribution < 1.29 is 19.1 Å². The van der Waals surface area contributed by atoms with Gasteiger partial charge in [0.15, 0.2) is 0 Å². The number of esters is 2. The fourth-order valence-electron chi connectivity index (χ4n) is 6.33. The summed E-state index contributed by atoms with van der Waals surface area (Å²) >= 11 is 0. The van der Waals surface area contributed by atoms with Crippen LogP contribution in [0.3, 0.4) is 0 Å². The molecule has 0 atom stereocenters. The van der Waals surface area contributed by atoms with E-state index in [9.17, 15) is 9.59 Å². The third-order valence-electron chi connectivity index (χ3n) is 9.01. The number of carbonyl (C=O) groups is 2. The lowest BCUT2D eigenvalue weighted by atomic mass is 10.1. The second-order valence-electron chi connectivity index (χ2n) is 12.8. The first-order valence-corrected chi connectivity index (χ1v) is 18.1. The lowest BCUT2D eigenvalue weighted by molar-refractivity contribution is -0.129. The average Bonchev–Trinajstić information content (AvgIpc) is 3.25. The summed E-state index contributed by atoms with van der Waals surface area (Å²) in [5.74, 6) is -0.125. The molecule has 7 heteroatoms. The van der Waals surface area contributed by atoms with E-state index in [2.05, 4.69) is 132 Å². The predicted molar refractivity (Wildman–Crippen MR) is 227 cm³/mol. The van der Waals surface area contributed by atoms with Gasteiger partial charge in [0.25, 0.3) is 0 Å². The SMILES string of the molecule is C=CC(=O)Oc1ccc(N(c2ccccc2)c2ccc(N(c3ccc(C)cc3)c3ccc(N(c4ccccc4)c4ccc(OC(=O)C=C)cc4)cc3)cc2)cc1. The summed E-state index contributed by atoms with van der Waals surface area (Å²) < 4.78 is 10.7. The molecule has 0 unspecified atom stereocenters. The van der Waals surface area contributed by atoms with E-state index in [0.717, 1.165) is 63.3 Å². The van der Waals surface area contributed by atoms with Crippen LogP contribution in [0.2, 0.25) is 0 Å². The Bertz CT molecular complexity index is 2260. The van der Waals surface area contributed by atoms with Gasteiger partial charge in [-0.15, -0.1) is 0 Å². The van der Waals surface area contributed by atoms with Crippen molar-refractivity contribution in [1.82, 2.24) is 0 Å². The van der Waals surface area contributed by atoms with Gasteiger partial charge in [-0.2, -0.15) is 0 Å². The molecule has 0 spiro atoms. The Labute approximate surface area is 327 Å². The van der Waals surface area contributed by atoms with Gasteiger partial charge in [0, 0.05) is 63.3 Å². The number of nitrogens with zero attached hydrogens (tertiary/aromatic N) is 3. The number of benzene rings is 7. The number of para-hydroxylation sites is 2. The summed E-state index contributed by atoms with van der Waals surface area (Å²) in [5.41, 5.74) is 9.85. The molecular weight excluding hydrogens is 695 g/mol. The Kier molecular flexibility index (Phi) is 11.1. The summed E-state index contributed by atoms with van der Waals surface area (Å²) in [6.45, 7) is 9.06. The van der Waals surface area contributed by atoms with Crippen LogP contribution in [0, 0.1) is 6.92 Å². The number of ether oxygens (including phenoxy) is 2. The fraction of sp³-hybridized carbons (Fsp3) is 0.0204. The van der Waals surface area contributed by atoms with Crippen molar-refractivity contribution in [3.05, 3.63) is 213 Å². The molecule has 7 rings (SSSR count). The van der Waals surface area contributed by atoms with Crippen LogP contribution in [-0.2, 0) is 9.59 Å². The number of anilines is 9. The lowest BCUT2D eigenvalue weighted by Gasteiger charge is -2.29. The zero-order chi connectivity index (χ0) is 38.9. The highest BCUT2D eigenvalue weighted by Crippen LogP contribution is 2.41. The largest absolute Gasteiger partial charge is 0.423 e. The monoisotopic (exact) mass is 733 g/mol. The van der Waals surface area contributed by atoms with Gasteiger partial charge in [0.1, 0.15) is 11.5 Å². The molecule has 0 aliphatic heterocycles. The molecule has 7 aromatic carbocycles. The van der Waals surface area contributed by atoms with Crippen LogP contribution in [0.1, 0.15) is 5.56 Å². The lowest BCUT2D eigenvalue weighted by Crippen LogP contribution is -2.13.